The van der Waals surface area contributed by atoms with E-state index in [2.05, 4.69) is 5.32 Å². The van der Waals surface area contributed by atoms with Crippen LogP contribution in [0.1, 0.15) is 15.9 Å². The van der Waals surface area contributed by atoms with Crippen LogP contribution in [0.2, 0.25) is 0 Å². The average molecular weight is 360 g/mol. The first-order chi connectivity index (χ1) is 13.0. The minimum atomic E-state index is -0.597. The Kier molecular flexibility index (Phi) is 5.52. The summed E-state index contributed by atoms with van der Waals surface area (Å²) in [5.74, 6) is -0.621. The summed E-state index contributed by atoms with van der Waals surface area (Å²) < 4.78 is 5.55. The van der Waals surface area contributed by atoms with E-state index in [-0.39, 0.29) is 18.1 Å². The average Bonchev–Trinajstić information content (AvgIpc) is 2.67. The highest BCUT2D eigenvalue weighted by Crippen LogP contribution is 2.27. The summed E-state index contributed by atoms with van der Waals surface area (Å²) in [6, 6.07) is 22.4. The van der Waals surface area contributed by atoms with Crippen LogP contribution < -0.4 is 15.8 Å². The van der Waals surface area contributed by atoms with Gasteiger partial charge in [-0.2, -0.15) is 0 Å². The first-order valence-corrected chi connectivity index (χ1v) is 8.52. The maximum Gasteiger partial charge on any atom is 0.262 e. The predicted molar refractivity (Wildman–Crippen MR) is 106 cm³/mol. The molecule has 0 aromatic heterocycles. The zero-order valence-corrected chi connectivity index (χ0v) is 14.9. The molecule has 0 unspecified atom stereocenters. The molecule has 3 N–H and O–H groups in total. The normalized spacial score (nSPS) is 10.3. The summed E-state index contributed by atoms with van der Waals surface area (Å²) in [7, 11) is 0. The lowest BCUT2D eigenvalue weighted by Crippen LogP contribution is -2.22. The van der Waals surface area contributed by atoms with Gasteiger partial charge in [0.1, 0.15) is 5.75 Å². The third kappa shape index (κ3) is 4.52. The quantitative estimate of drug-likeness (QED) is 0.702. The van der Waals surface area contributed by atoms with Gasteiger partial charge in [-0.3, -0.25) is 9.59 Å². The highest BCUT2D eigenvalue weighted by molar-refractivity contribution is 5.97. The van der Waals surface area contributed by atoms with Gasteiger partial charge in [-0.05, 0) is 36.2 Å². The van der Waals surface area contributed by atoms with E-state index in [1.54, 1.807) is 18.2 Å². The smallest absolute Gasteiger partial charge is 0.262 e. The molecule has 2 amide bonds. The molecule has 0 heterocycles. The molecule has 27 heavy (non-hydrogen) atoms. The topological polar surface area (TPSA) is 81.4 Å². The van der Waals surface area contributed by atoms with Gasteiger partial charge in [0.2, 0.25) is 0 Å². The number of hydrogen-bond acceptors (Lipinski definition) is 3. The van der Waals surface area contributed by atoms with E-state index in [4.69, 9.17) is 10.5 Å². The van der Waals surface area contributed by atoms with Crippen molar-refractivity contribution in [3.8, 4) is 16.9 Å². The van der Waals surface area contributed by atoms with Crippen LogP contribution in [0.25, 0.3) is 11.1 Å². The van der Waals surface area contributed by atoms with Gasteiger partial charge in [-0.15, -0.1) is 0 Å². The number of carbonyl (C=O) groups excluding carboxylic acids is 2. The molecule has 0 spiro atoms. The fraction of sp³-hybridized carbons (Fsp3) is 0.0909. The Hall–Kier alpha value is -3.60. The Morgan fingerprint density at radius 1 is 0.963 bits per heavy atom. The summed E-state index contributed by atoms with van der Waals surface area (Å²) in [5.41, 5.74) is 9.13. The second kappa shape index (κ2) is 8.19. The monoisotopic (exact) mass is 360 g/mol. The number of ether oxygens (including phenoxy) is 1. The van der Waals surface area contributed by atoms with E-state index >= 15 is 0 Å². The zero-order chi connectivity index (χ0) is 19.2. The number of aryl methyl sites for hydroxylation is 1. The van der Waals surface area contributed by atoms with Gasteiger partial charge in [0.15, 0.2) is 6.61 Å². The van der Waals surface area contributed by atoms with Crippen LogP contribution in [0.4, 0.5) is 5.69 Å². The molecule has 3 aromatic rings. The SMILES string of the molecule is Cc1ccc(C(N)=O)c(OCC(=O)Nc2ccccc2-c2ccccc2)c1. The maximum absolute atomic E-state index is 12.4. The van der Waals surface area contributed by atoms with Crippen molar-refractivity contribution < 1.29 is 14.3 Å². The molecule has 0 radical (unpaired) electrons. The molecule has 0 aliphatic carbocycles. The van der Waals surface area contributed by atoms with E-state index < -0.39 is 5.91 Å². The number of amides is 2. The summed E-state index contributed by atoms with van der Waals surface area (Å²) in [6.45, 7) is 1.64. The van der Waals surface area contributed by atoms with Gasteiger partial charge in [-0.1, -0.05) is 54.6 Å². The third-order valence-electron chi connectivity index (χ3n) is 4.05. The molecule has 0 fully saturated rings. The fourth-order valence-electron chi connectivity index (χ4n) is 2.74. The Morgan fingerprint density at radius 2 is 1.67 bits per heavy atom. The van der Waals surface area contributed by atoms with Crippen molar-refractivity contribution in [2.45, 2.75) is 6.92 Å². The molecule has 0 atom stereocenters. The number of nitrogens with two attached hydrogens (primary N) is 1. The lowest BCUT2D eigenvalue weighted by atomic mass is 10.0. The van der Waals surface area contributed by atoms with Gasteiger partial charge in [-0.25, -0.2) is 0 Å². The van der Waals surface area contributed by atoms with E-state index in [9.17, 15) is 9.59 Å². The number of hydrogen-bond donors (Lipinski definition) is 2. The molecule has 0 saturated carbocycles. The molecule has 0 bridgehead atoms. The maximum atomic E-state index is 12.4. The second-order valence-corrected chi connectivity index (χ2v) is 6.11. The number of para-hydroxylation sites is 1. The number of carbonyl (C=O) groups is 2. The van der Waals surface area contributed by atoms with Crippen molar-refractivity contribution in [1.82, 2.24) is 0 Å². The fourth-order valence-corrected chi connectivity index (χ4v) is 2.74. The molecule has 3 rings (SSSR count). The van der Waals surface area contributed by atoms with Gasteiger partial charge >= 0.3 is 0 Å². The van der Waals surface area contributed by atoms with E-state index in [1.807, 2.05) is 61.5 Å². The van der Waals surface area contributed by atoms with Crippen molar-refractivity contribution in [3.63, 3.8) is 0 Å². The third-order valence-corrected chi connectivity index (χ3v) is 4.05. The Labute approximate surface area is 157 Å². The van der Waals surface area contributed by atoms with Gasteiger partial charge in [0.25, 0.3) is 11.8 Å². The van der Waals surface area contributed by atoms with Crippen molar-refractivity contribution in [3.05, 3.63) is 83.9 Å². The molecule has 5 nitrogen and oxygen atoms in total. The number of benzene rings is 3. The van der Waals surface area contributed by atoms with E-state index in [0.29, 0.717) is 11.4 Å². The highest BCUT2D eigenvalue weighted by Gasteiger charge is 2.13. The van der Waals surface area contributed by atoms with Crippen LogP contribution >= 0.6 is 0 Å². The minimum absolute atomic E-state index is 0.229. The van der Waals surface area contributed by atoms with Crippen LogP contribution in [0.15, 0.2) is 72.8 Å². The van der Waals surface area contributed by atoms with Crippen molar-refractivity contribution in [2.75, 3.05) is 11.9 Å². The summed E-state index contributed by atoms with van der Waals surface area (Å²) in [4.78, 5) is 23.9. The molecule has 136 valence electrons. The van der Waals surface area contributed by atoms with Gasteiger partial charge < -0.3 is 15.8 Å². The first kappa shape index (κ1) is 18.2. The molecule has 0 aliphatic rings. The number of rotatable bonds is 6. The summed E-state index contributed by atoms with van der Waals surface area (Å²) in [5, 5.41) is 2.86. The summed E-state index contributed by atoms with van der Waals surface area (Å²) >= 11 is 0. The second-order valence-electron chi connectivity index (χ2n) is 6.11. The van der Waals surface area contributed by atoms with Crippen LogP contribution in [-0.4, -0.2) is 18.4 Å². The van der Waals surface area contributed by atoms with Crippen molar-refractivity contribution in [2.24, 2.45) is 5.73 Å². The molecular formula is C22H20N2O3. The Bertz CT molecular complexity index is 968. The minimum Gasteiger partial charge on any atom is -0.483 e. The Balaban J connectivity index is 1.73. The lowest BCUT2D eigenvalue weighted by Gasteiger charge is -2.13. The Morgan fingerprint density at radius 3 is 2.41 bits per heavy atom. The predicted octanol–water partition coefficient (Wildman–Crippen LogP) is 3.78. The van der Waals surface area contributed by atoms with Crippen molar-refractivity contribution in [1.29, 1.82) is 0 Å². The molecule has 0 saturated heterocycles. The number of nitrogens with one attached hydrogen (secondary N) is 1. The standard InChI is InChI=1S/C22H20N2O3/c1-15-11-12-18(22(23)26)20(13-15)27-14-21(25)24-19-10-6-5-9-17(19)16-7-3-2-4-8-16/h2-13H,14H2,1H3,(H2,23,26)(H,24,25). The molecule has 3 aromatic carbocycles. The van der Waals surface area contributed by atoms with Crippen LogP contribution in [0.3, 0.4) is 0 Å². The molecule has 0 aliphatic heterocycles. The summed E-state index contributed by atoms with van der Waals surface area (Å²) in [6.07, 6.45) is 0. The number of anilines is 1. The van der Waals surface area contributed by atoms with Gasteiger partial charge in [0.05, 0.1) is 5.56 Å². The zero-order valence-electron chi connectivity index (χ0n) is 14.9. The molecular weight excluding hydrogens is 340 g/mol. The van der Waals surface area contributed by atoms with E-state index in [1.165, 1.54) is 0 Å². The largest absolute Gasteiger partial charge is 0.483 e. The number of primary amides is 1. The van der Waals surface area contributed by atoms with E-state index in [0.717, 1.165) is 16.7 Å². The van der Waals surface area contributed by atoms with Gasteiger partial charge in [0, 0.05) is 11.3 Å². The lowest BCUT2D eigenvalue weighted by molar-refractivity contribution is -0.118. The molecule has 5 heteroatoms. The van der Waals surface area contributed by atoms with Crippen LogP contribution in [0.5, 0.6) is 5.75 Å². The van der Waals surface area contributed by atoms with Crippen LogP contribution in [0, 0.1) is 6.92 Å². The first-order valence-electron chi connectivity index (χ1n) is 8.52. The highest BCUT2D eigenvalue weighted by atomic mass is 16.5. The van der Waals surface area contributed by atoms with Crippen LogP contribution in [-0.2, 0) is 4.79 Å². The van der Waals surface area contributed by atoms with Crippen molar-refractivity contribution >= 4 is 17.5 Å².